The molecule has 2 heterocycles. The van der Waals surface area contributed by atoms with Crippen LogP contribution in [0.5, 0.6) is 0 Å². The van der Waals surface area contributed by atoms with Crippen LogP contribution < -0.4 is 5.32 Å². The summed E-state index contributed by atoms with van der Waals surface area (Å²) in [6.45, 7) is 9.41. The van der Waals surface area contributed by atoms with E-state index in [2.05, 4.69) is 54.0 Å². The highest BCUT2D eigenvalue weighted by atomic mass is 32.1. The second-order valence-electron chi connectivity index (χ2n) is 4.31. The largest absolute Gasteiger partial charge is 0.348 e. The lowest BCUT2D eigenvalue weighted by atomic mass is 10.3. The number of rotatable bonds is 4. The second kappa shape index (κ2) is 4.92. The second-order valence-corrected chi connectivity index (χ2v) is 5.63. The van der Waals surface area contributed by atoms with E-state index in [1.807, 2.05) is 18.3 Å². The van der Waals surface area contributed by atoms with Crippen molar-refractivity contribution < 1.29 is 0 Å². The van der Waals surface area contributed by atoms with Crippen molar-refractivity contribution in [3.8, 4) is 0 Å². The molecule has 0 spiro atoms. The third kappa shape index (κ3) is 2.69. The third-order valence-electron chi connectivity index (χ3n) is 2.77. The number of imidazole rings is 1. The molecule has 0 radical (unpaired) electrons. The van der Waals surface area contributed by atoms with Gasteiger partial charge in [-0.3, -0.25) is 0 Å². The zero-order chi connectivity index (χ0) is 12.4. The van der Waals surface area contributed by atoms with Crippen molar-refractivity contribution in [1.29, 1.82) is 0 Å². The molecule has 3 nitrogen and oxygen atoms in total. The predicted molar refractivity (Wildman–Crippen MR) is 73.7 cm³/mol. The first-order valence-corrected chi connectivity index (χ1v) is 6.78. The van der Waals surface area contributed by atoms with Gasteiger partial charge in [-0.1, -0.05) is 0 Å². The van der Waals surface area contributed by atoms with Crippen LogP contribution in [0.25, 0.3) is 0 Å². The van der Waals surface area contributed by atoms with Crippen LogP contribution in [0.2, 0.25) is 0 Å². The Labute approximate surface area is 107 Å². The molecule has 2 aromatic rings. The lowest BCUT2D eigenvalue weighted by Crippen LogP contribution is -2.10. The Balaban J connectivity index is 2.14. The number of thiophene rings is 1. The molecule has 0 amide bonds. The van der Waals surface area contributed by atoms with Gasteiger partial charge >= 0.3 is 0 Å². The first-order chi connectivity index (χ1) is 8.10. The summed E-state index contributed by atoms with van der Waals surface area (Å²) in [5, 5.41) is 3.47. The van der Waals surface area contributed by atoms with Crippen LogP contribution in [0.3, 0.4) is 0 Å². The molecular formula is C13H19N3S. The van der Waals surface area contributed by atoms with Crippen molar-refractivity contribution in [3.63, 3.8) is 0 Å². The fourth-order valence-electron chi connectivity index (χ4n) is 1.85. The van der Waals surface area contributed by atoms with Crippen molar-refractivity contribution in [2.24, 2.45) is 0 Å². The van der Waals surface area contributed by atoms with Gasteiger partial charge in [-0.25, -0.2) is 4.98 Å². The number of nitrogens with zero attached hydrogens (tertiary/aromatic N) is 2. The van der Waals surface area contributed by atoms with Gasteiger partial charge in [-0.15, -0.1) is 11.3 Å². The Morgan fingerprint density at radius 2 is 2.18 bits per heavy atom. The SMILES string of the molecule is CCn1cc(C)nc1NC(C)c1ccc(C)s1. The Morgan fingerprint density at radius 1 is 1.41 bits per heavy atom. The normalized spacial score (nSPS) is 12.7. The molecule has 0 aliphatic heterocycles. The van der Waals surface area contributed by atoms with Gasteiger partial charge in [-0.05, 0) is 39.8 Å². The van der Waals surface area contributed by atoms with Crippen LogP contribution in [-0.4, -0.2) is 9.55 Å². The first kappa shape index (κ1) is 12.2. The summed E-state index contributed by atoms with van der Waals surface area (Å²) in [6, 6.07) is 4.65. The molecule has 0 aliphatic carbocycles. The molecule has 0 aromatic carbocycles. The van der Waals surface area contributed by atoms with Crippen LogP contribution in [0.1, 0.15) is 35.3 Å². The van der Waals surface area contributed by atoms with Gasteiger partial charge in [0.25, 0.3) is 0 Å². The van der Waals surface area contributed by atoms with Crippen molar-refractivity contribution in [2.75, 3.05) is 5.32 Å². The van der Waals surface area contributed by atoms with Crippen LogP contribution >= 0.6 is 11.3 Å². The molecule has 1 N–H and O–H groups in total. The highest BCUT2D eigenvalue weighted by molar-refractivity contribution is 7.12. The molecule has 0 bridgehead atoms. The summed E-state index contributed by atoms with van der Waals surface area (Å²) in [5.74, 6) is 0.962. The lowest BCUT2D eigenvalue weighted by Gasteiger charge is -2.13. The van der Waals surface area contributed by atoms with Crippen molar-refractivity contribution in [1.82, 2.24) is 9.55 Å². The van der Waals surface area contributed by atoms with Crippen molar-refractivity contribution in [3.05, 3.63) is 33.8 Å². The molecular weight excluding hydrogens is 230 g/mol. The van der Waals surface area contributed by atoms with Gasteiger partial charge < -0.3 is 9.88 Å². The minimum atomic E-state index is 0.306. The molecule has 0 aliphatic rings. The maximum absolute atomic E-state index is 4.51. The number of hydrogen-bond acceptors (Lipinski definition) is 3. The molecule has 17 heavy (non-hydrogen) atoms. The summed E-state index contributed by atoms with van der Waals surface area (Å²) < 4.78 is 2.15. The maximum atomic E-state index is 4.51. The van der Waals surface area contributed by atoms with E-state index in [0.29, 0.717) is 6.04 Å². The number of aromatic nitrogens is 2. The first-order valence-electron chi connectivity index (χ1n) is 5.96. The van der Waals surface area contributed by atoms with E-state index in [9.17, 15) is 0 Å². The van der Waals surface area contributed by atoms with E-state index in [1.165, 1.54) is 9.75 Å². The minimum Gasteiger partial charge on any atom is -0.348 e. The van der Waals surface area contributed by atoms with Gasteiger partial charge in [0, 0.05) is 22.5 Å². The fourth-order valence-corrected chi connectivity index (χ4v) is 2.73. The number of hydrogen-bond donors (Lipinski definition) is 1. The zero-order valence-electron chi connectivity index (χ0n) is 10.8. The number of anilines is 1. The fraction of sp³-hybridized carbons (Fsp3) is 0.462. The summed E-state index contributed by atoms with van der Waals surface area (Å²) in [5.41, 5.74) is 1.06. The Hall–Kier alpha value is -1.29. The van der Waals surface area contributed by atoms with Crippen molar-refractivity contribution in [2.45, 2.75) is 40.3 Å². The monoisotopic (exact) mass is 249 g/mol. The number of aryl methyl sites for hydroxylation is 3. The highest BCUT2D eigenvalue weighted by Gasteiger charge is 2.11. The van der Waals surface area contributed by atoms with Gasteiger partial charge in [-0.2, -0.15) is 0 Å². The molecule has 0 saturated carbocycles. The molecule has 2 rings (SSSR count). The van der Waals surface area contributed by atoms with Crippen LogP contribution in [0.15, 0.2) is 18.3 Å². The Kier molecular flexibility index (Phi) is 3.52. The third-order valence-corrected chi connectivity index (χ3v) is 3.95. The average Bonchev–Trinajstić information content (AvgIpc) is 2.85. The van der Waals surface area contributed by atoms with E-state index in [0.717, 1.165) is 18.2 Å². The van der Waals surface area contributed by atoms with E-state index >= 15 is 0 Å². The van der Waals surface area contributed by atoms with Gasteiger partial charge in [0.1, 0.15) is 0 Å². The highest BCUT2D eigenvalue weighted by Crippen LogP contribution is 2.25. The average molecular weight is 249 g/mol. The number of nitrogens with one attached hydrogen (secondary N) is 1. The molecule has 92 valence electrons. The summed E-state index contributed by atoms with van der Waals surface area (Å²) >= 11 is 1.84. The summed E-state index contributed by atoms with van der Waals surface area (Å²) in [4.78, 5) is 7.21. The van der Waals surface area contributed by atoms with Crippen LogP contribution in [-0.2, 0) is 6.54 Å². The smallest absolute Gasteiger partial charge is 0.203 e. The Morgan fingerprint density at radius 3 is 2.76 bits per heavy atom. The van der Waals surface area contributed by atoms with Crippen molar-refractivity contribution >= 4 is 17.3 Å². The quantitative estimate of drug-likeness (QED) is 0.894. The molecule has 1 atom stereocenters. The molecule has 0 saturated heterocycles. The molecule has 2 aromatic heterocycles. The van der Waals surface area contributed by atoms with E-state index in [1.54, 1.807) is 0 Å². The Bertz CT molecular complexity index is 498. The minimum absolute atomic E-state index is 0.306. The van der Waals surface area contributed by atoms with Gasteiger partial charge in [0.2, 0.25) is 5.95 Å². The van der Waals surface area contributed by atoms with Crippen LogP contribution in [0, 0.1) is 13.8 Å². The van der Waals surface area contributed by atoms with Gasteiger partial charge in [0.15, 0.2) is 0 Å². The summed E-state index contributed by atoms with van der Waals surface area (Å²) in [7, 11) is 0. The zero-order valence-corrected chi connectivity index (χ0v) is 11.6. The van der Waals surface area contributed by atoms with E-state index in [-0.39, 0.29) is 0 Å². The topological polar surface area (TPSA) is 29.9 Å². The molecule has 4 heteroatoms. The van der Waals surface area contributed by atoms with E-state index in [4.69, 9.17) is 0 Å². The molecule has 1 unspecified atom stereocenters. The van der Waals surface area contributed by atoms with Crippen LogP contribution in [0.4, 0.5) is 5.95 Å². The van der Waals surface area contributed by atoms with E-state index < -0.39 is 0 Å². The lowest BCUT2D eigenvalue weighted by molar-refractivity contribution is 0.747. The summed E-state index contributed by atoms with van der Waals surface area (Å²) in [6.07, 6.45) is 2.08. The van der Waals surface area contributed by atoms with Gasteiger partial charge in [0.05, 0.1) is 11.7 Å². The maximum Gasteiger partial charge on any atom is 0.203 e. The molecule has 0 fully saturated rings. The standard InChI is InChI=1S/C13H19N3S/c1-5-16-8-9(2)14-13(16)15-11(4)12-7-6-10(3)17-12/h6-8,11H,5H2,1-4H3,(H,14,15). The predicted octanol–water partition coefficient (Wildman–Crippen LogP) is 3.75.